The fraction of sp³-hybridized carbons (Fsp3) is 0.227. The fourth-order valence-corrected chi connectivity index (χ4v) is 4.94. The van der Waals surface area contributed by atoms with Crippen LogP contribution in [0.1, 0.15) is 29.3 Å². The Labute approximate surface area is 173 Å². The maximum Gasteiger partial charge on any atom is 0.320 e. The maximum atomic E-state index is 11.8. The molecule has 2 heterocycles. The summed E-state index contributed by atoms with van der Waals surface area (Å²) in [6, 6.07) is 20.7. The number of benzene rings is 2. The van der Waals surface area contributed by atoms with Crippen molar-refractivity contribution in [1.29, 1.82) is 0 Å². The molecule has 0 radical (unpaired) electrons. The fourth-order valence-electron chi connectivity index (χ4n) is 3.73. The first-order valence-electron chi connectivity index (χ1n) is 9.18. The highest BCUT2D eigenvalue weighted by Crippen LogP contribution is 2.40. The lowest BCUT2D eigenvalue weighted by Gasteiger charge is -2.31. The van der Waals surface area contributed by atoms with Crippen molar-refractivity contribution >= 4 is 28.9 Å². The second-order valence-corrected chi connectivity index (χ2v) is 8.51. The standard InChI is InChI=1S/C22H20ClNO3S/c23-20-12-11-19(28-20)21(24-13-5-10-18(24)22(25)26)15-6-4-9-17(14-15)27-16-7-2-1-3-8-16/h1-4,6-9,11-12,14,18,21H,5,10,13H2,(H,25,26). The normalized spacial score (nSPS) is 18.1. The van der Waals surface area contributed by atoms with Crippen molar-refractivity contribution in [1.82, 2.24) is 4.90 Å². The molecular formula is C22H20ClNO3S. The molecule has 1 saturated heterocycles. The van der Waals surface area contributed by atoms with Gasteiger partial charge in [-0.15, -0.1) is 11.3 Å². The quantitative estimate of drug-likeness (QED) is 0.552. The number of aliphatic carboxylic acids is 1. The van der Waals surface area contributed by atoms with Crippen LogP contribution >= 0.6 is 22.9 Å². The minimum Gasteiger partial charge on any atom is -0.480 e. The van der Waals surface area contributed by atoms with Gasteiger partial charge in [0.15, 0.2) is 0 Å². The largest absolute Gasteiger partial charge is 0.480 e. The molecule has 4 rings (SSSR count). The van der Waals surface area contributed by atoms with Crippen LogP contribution in [0.25, 0.3) is 0 Å². The van der Waals surface area contributed by atoms with Crippen LogP contribution in [0.3, 0.4) is 0 Å². The molecule has 6 heteroatoms. The molecule has 144 valence electrons. The van der Waals surface area contributed by atoms with Crippen molar-refractivity contribution in [3.05, 3.63) is 81.5 Å². The van der Waals surface area contributed by atoms with Crippen LogP contribution in [0.2, 0.25) is 4.34 Å². The van der Waals surface area contributed by atoms with Gasteiger partial charge in [0.05, 0.1) is 10.4 Å². The van der Waals surface area contributed by atoms with Gasteiger partial charge in [-0.2, -0.15) is 0 Å². The van der Waals surface area contributed by atoms with Crippen LogP contribution in [-0.2, 0) is 4.79 Å². The zero-order valence-electron chi connectivity index (χ0n) is 15.1. The van der Waals surface area contributed by atoms with E-state index in [9.17, 15) is 9.90 Å². The molecule has 1 aromatic heterocycles. The molecule has 0 bridgehead atoms. The van der Waals surface area contributed by atoms with Gasteiger partial charge in [-0.1, -0.05) is 41.9 Å². The Morgan fingerprint density at radius 2 is 1.89 bits per heavy atom. The average Bonchev–Trinajstić information content (AvgIpc) is 3.33. The number of thiophene rings is 1. The summed E-state index contributed by atoms with van der Waals surface area (Å²) < 4.78 is 6.69. The number of carboxylic acids is 1. The first kappa shape index (κ1) is 19.0. The highest BCUT2D eigenvalue weighted by Gasteiger charge is 2.37. The molecule has 0 spiro atoms. The molecule has 1 aliphatic rings. The first-order valence-corrected chi connectivity index (χ1v) is 10.4. The minimum atomic E-state index is -0.776. The summed E-state index contributed by atoms with van der Waals surface area (Å²) >= 11 is 7.69. The van der Waals surface area contributed by atoms with E-state index in [0.29, 0.717) is 10.8 Å². The van der Waals surface area contributed by atoms with Gasteiger partial charge in [-0.05, 0) is 54.8 Å². The lowest BCUT2D eigenvalue weighted by Crippen LogP contribution is -2.39. The lowest BCUT2D eigenvalue weighted by atomic mass is 10.0. The molecule has 2 unspecified atom stereocenters. The van der Waals surface area contributed by atoms with E-state index in [0.717, 1.165) is 34.9 Å². The number of halogens is 1. The minimum absolute atomic E-state index is 0.166. The molecule has 2 atom stereocenters. The van der Waals surface area contributed by atoms with Crippen molar-refractivity contribution in [2.45, 2.75) is 24.9 Å². The van der Waals surface area contributed by atoms with Crippen LogP contribution in [0.5, 0.6) is 11.5 Å². The summed E-state index contributed by atoms with van der Waals surface area (Å²) in [5.41, 5.74) is 1.00. The van der Waals surface area contributed by atoms with Gasteiger partial charge in [-0.25, -0.2) is 0 Å². The van der Waals surface area contributed by atoms with Gasteiger partial charge >= 0.3 is 5.97 Å². The molecule has 0 amide bonds. The number of hydrogen-bond donors (Lipinski definition) is 1. The molecule has 4 nitrogen and oxygen atoms in total. The smallest absolute Gasteiger partial charge is 0.320 e. The zero-order chi connectivity index (χ0) is 19.5. The summed E-state index contributed by atoms with van der Waals surface area (Å²) in [6.07, 6.45) is 1.53. The SMILES string of the molecule is O=C(O)C1CCCN1C(c1cccc(Oc2ccccc2)c1)c1ccc(Cl)s1. The molecule has 28 heavy (non-hydrogen) atoms. The number of hydrogen-bond acceptors (Lipinski definition) is 4. The van der Waals surface area contributed by atoms with Gasteiger partial charge in [-0.3, -0.25) is 9.69 Å². The highest BCUT2D eigenvalue weighted by atomic mass is 35.5. The molecule has 2 aromatic carbocycles. The zero-order valence-corrected chi connectivity index (χ0v) is 16.7. The summed E-state index contributed by atoms with van der Waals surface area (Å²) in [7, 11) is 0. The maximum absolute atomic E-state index is 11.8. The van der Waals surface area contributed by atoms with Crippen molar-refractivity contribution in [3.8, 4) is 11.5 Å². The third-order valence-corrected chi connectivity index (χ3v) is 6.21. The van der Waals surface area contributed by atoms with Gasteiger partial charge in [0.2, 0.25) is 0 Å². The van der Waals surface area contributed by atoms with Crippen LogP contribution in [0.15, 0.2) is 66.7 Å². The lowest BCUT2D eigenvalue weighted by molar-refractivity contribution is -0.142. The van der Waals surface area contributed by atoms with E-state index in [4.69, 9.17) is 16.3 Å². The van der Waals surface area contributed by atoms with E-state index in [1.807, 2.05) is 66.7 Å². The number of rotatable bonds is 6. The van der Waals surface area contributed by atoms with Crippen LogP contribution in [0.4, 0.5) is 0 Å². The van der Waals surface area contributed by atoms with Gasteiger partial charge in [0.1, 0.15) is 17.5 Å². The van der Waals surface area contributed by atoms with E-state index in [2.05, 4.69) is 4.90 Å². The Balaban J connectivity index is 1.70. The number of carbonyl (C=O) groups is 1. The van der Waals surface area contributed by atoms with E-state index in [1.165, 1.54) is 11.3 Å². The van der Waals surface area contributed by atoms with Crippen molar-refractivity contribution in [3.63, 3.8) is 0 Å². The summed E-state index contributed by atoms with van der Waals surface area (Å²) in [5.74, 6) is 0.712. The third kappa shape index (κ3) is 4.07. The monoisotopic (exact) mass is 413 g/mol. The molecule has 0 saturated carbocycles. The second kappa shape index (κ2) is 8.35. The van der Waals surface area contributed by atoms with E-state index < -0.39 is 12.0 Å². The number of carboxylic acid groups (broad SMARTS) is 1. The van der Waals surface area contributed by atoms with Crippen molar-refractivity contribution in [2.24, 2.45) is 0 Å². The van der Waals surface area contributed by atoms with E-state index in [-0.39, 0.29) is 6.04 Å². The summed E-state index contributed by atoms with van der Waals surface area (Å²) in [4.78, 5) is 14.9. The van der Waals surface area contributed by atoms with Gasteiger partial charge in [0, 0.05) is 11.4 Å². The summed E-state index contributed by atoms with van der Waals surface area (Å²) in [5, 5.41) is 9.69. The van der Waals surface area contributed by atoms with E-state index in [1.54, 1.807) is 0 Å². The topological polar surface area (TPSA) is 49.8 Å². The Morgan fingerprint density at radius 3 is 2.61 bits per heavy atom. The number of para-hydroxylation sites is 1. The Hall–Kier alpha value is -2.34. The molecule has 1 aliphatic heterocycles. The molecule has 1 N–H and O–H groups in total. The first-order chi connectivity index (χ1) is 13.6. The Kier molecular flexibility index (Phi) is 5.67. The molecule has 0 aliphatic carbocycles. The highest BCUT2D eigenvalue weighted by molar-refractivity contribution is 7.16. The van der Waals surface area contributed by atoms with Crippen molar-refractivity contribution in [2.75, 3.05) is 6.54 Å². The van der Waals surface area contributed by atoms with E-state index >= 15 is 0 Å². The average molecular weight is 414 g/mol. The number of nitrogens with zero attached hydrogens (tertiary/aromatic N) is 1. The number of likely N-dealkylation sites (tertiary alicyclic amines) is 1. The number of ether oxygens (including phenoxy) is 1. The van der Waals surface area contributed by atoms with Gasteiger partial charge in [0.25, 0.3) is 0 Å². The van der Waals surface area contributed by atoms with Gasteiger partial charge < -0.3 is 9.84 Å². The van der Waals surface area contributed by atoms with Crippen LogP contribution < -0.4 is 4.74 Å². The predicted octanol–water partition coefficient (Wildman–Crippen LogP) is 5.83. The van der Waals surface area contributed by atoms with Crippen LogP contribution in [-0.4, -0.2) is 28.6 Å². The Bertz CT molecular complexity index is 959. The predicted molar refractivity (Wildman–Crippen MR) is 111 cm³/mol. The van der Waals surface area contributed by atoms with Crippen LogP contribution in [0, 0.1) is 0 Å². The molecule has 1 fully saturated rings. The molecule has 3 aromatic rings. The van der Waals surface area contributed by atoms with Crippen molar-refractivity contribution < 1.29 is 14.6 Å². The third-order valence-electron chi connectivity index (χ3n) is 4.93. The summed E-state index contributed by atoms with van der Waals surface area (Å²) in [6.45, 7) is 0.737. The molecular weight excluding hydrogens is 394 g/mol. The second-order valence-electron chi connectivity index (χ2n) is 6.77. The Morgan fingerprint density at radius 1 is 1.11 bits per heavy atom.